The van der Waals surface area contributed by atoms with Gasteiger partial charge in [-0.25, -0.2) is 4.98 Å². The van der Waals surface area contributed by atoms with Gasteiger partial charge in [0, 0.05) is 25.4 Å². The Labute approximate surface area is 134 Å². The number of nitrogens with one attached hydrogen (secondary N) is 2. The zero-order valence-corrected chi connectivity index (χ0v) is 13.0. The fourth-order valence-electron chi connectivity index (χ4n) is 2.63. The predicted molar refractivity (Wildman–Crippen MR) is 84.3 cm³/mol. The van der Waals surface area contributed by atoms with Crippen molar-refractivity contribution in [2.24, 2.45) is 0 Å². The molecule has 1 amide bonds. The summed E-state index contributed by atoms with van der Waals surface area (Å²) in [6.45, 7) is 0.683. The number of aromatic nitrogens is 1. The molecule has 1 aromatic carbocycles. The zero-order chi connectivity index (χ0) is 16.2. The molecule has 1 aliphatic rings. The lowest BCUT2D eigenvalue weighted by atomic mass is 10.1. The van der Waals surface area contributed by atoms with Crippen LogP contribution in [-0.2, 0) is 9.53 Å². The number of ether oxygens (including phenoxy) is 2. The summed E-state index contributed by atoms with van der Waals surface area (Å²) in [7, 11) is 3.22. The predicted octanol–water partition coefficient (Wildman–Crippen LogP) is 1.67. The molecular formula is C16H19N3O4. The van der Waals surface area contributed by atoms with Gasteiger partial charge in [0.25, 0.3) is 0 Å². The van der Waals surface area contributed by atoms with Gasteiger partial charge >= 0.3 is 0 Å². The van der Waals surface area contributed by atoms with Gasteiger partial charge in [0.1, 0.15) is 5.75 Å². The molecular weight excluding hydrogens is 298 g/mol. The Morgan fingerprint density at radius 1 is 1.43 bits per heavy atom. The molecule has 1 aromatic heterocycles. The molecule has 7 heteroatoms. The number of carbonyl (C=O) groups excluding carboxylic acids is 1. The molecule has 2 aromatic rings. The number of benzene rings is 1. The van der Waals surface area contributed by atoms with Gasteiger partial charge in [-0.15, -0.1) is 0 Å². The van der Waals surface area contributed by atoms with Gasteiger partial charge in [-0.1, -0.05) is 0 Å². The Morgan fingerprint density at radius 2 is 2.30 bits per heavy atom. The molecule has 3 rings (SSSR count). The van der Waals surface area contributed by atoms with E-state index in [1.54, 1.807) is 32.5 Å². The average Bonchev–Trinajstić information content (AvgIpc) is 3.26. The second kappa shape index (κ2) is 6.80. The van der Waals surface area contributed by atoms with Crippen LogP contribution in [0.3, 0.4) is 0 Å². The van der Waals surface area contributed by atoms with Gasteiger partial charge < -0.3 is 24.5 Å². The van der Waals surface area contributed by atoms with Crippen molar-refractivity contribution < 1.29 is 18.7 Å². The highest BCUT2D eigenvalue weighted by molar-refractivity contribution is 5.95. The van der Waals surface area contributed by atoms with Gasteiger partial charge in [0.05, 0.1) is 31.0 Å². The number of anilines is 1. The second-order valence-corrected chi connectivity index (χ2v) is 5.32. The first kappa shape index (κ1) is 15.5. The summed E-state index contributed by atoms with van der Waals surface area (Å²) in [5.74, 6) is 1.13. The quantitative estimate of drug-likeness (QED) is 0.872. The molecule has 0 bridgehead atoms. The molecule has 7 nitrogen and oxygen atoms in total. The van der Waals surface area contributed by atoms with Crippen molar-refractivity contribution in [2.45, 2.75) is 18.6 Å². The summed E-state index contributed by atoms with van der Waals surface area (Å²) in [6.07, 6.45) is 3.72. The number of hydrogen-bond acceptors (Lipinski definition) is 6. The van der Waals surface area contributed by atoms with E-state index in [0.717, 1.165) is 5.56 Å². The van der Waals surface area contributed by atoms with Crippen LogP contribution >= 0.6 is 0 Å². The molecule has 1 fully saturated rings. The molecule has 0 radical (unpaired) electrons. The Balaban J connectivity index is 1.72. The lowest BCUT2D eigenvalue weighted by Crippen LogP contribution is -2.35. The maximum absolute atomic E-state index is 12.3. The van der Waals surface area contributed by atoms with Crippen LogP contribution in [0.2, 0.25) is 0 Å². The van der Waals surface area contributed by atoms with E-state index in [2.05, 4.69) is 15.6 Å². The number of oxazole rings is 1. The summed E-state index contributed by atoms with van der Waals surface area (Å²) in [5.41, 5.74) is 1.44. The fraction of sp³-hybridized carbons (Fsp3) is 0.375. The van der Waals surface area contributed by atoms with E-state index in [9.17, 15) is 4.79 Å². The number of methoxy groups -OCH3 is 2. The minimum Gasteiger partial charge on any atom is -0.496 e. The van der Waals surface area contributed by atoms with E-state index in [4.69, 9.17) is 13.9 Å². The van der Waals surface area contributed by atoms with Crippen molar-refractivity contribution in [1.29, 1.82) is 0 Å². The third kappa shape index (κ3) is 3.35. The Hall–Kier alpha value is -2.38. The summed E-state index contributed by atoms with van der Waals surface area (Å²) >= 11 is 0. The first-order chi connectivity index (χ1) is 11.2. The highest BCUT2D eigenvalue weighted by Gasteiger charge is 2.29. The summed E-state index contributed by atoms with van der Waals surface area (Å²) in [6, 6.07) is 5.15. The molecule has 122 valence electrons. The van der Waals surface area contributed by atoms with Gasteiger partial charge in [0.2, 0.25) is 5.91 Å². The minimum atomic E-state index is -0.250. The van der Waals surface area contributed by atoms with E-state index in [-0.39, 0.29) is 18.1 Å². The van der Waals surface area contributed by atoms with Crippen molar-refractivity contribution in [3.05, 3.63) is 30.8 Å². The second-order valence-electron chi connectivity index (χ2n) is 5.32. The zero-order valence-electron chi connectivity index (χ0n) is 13.0. The molecule has 0 spiro atoms. The normalized spacial score (nSPS) is 20.4. The first-order valence-corrected chi connectivity index (χ1v) is 7.35. The molecule has 1 aliphatic heterocycles. The van der Waals surface area contributed by atoms with Crippen LogP contribution in [-0.4, -0.2) is 43.8 Å². The Bertz CT molecular complexity index is 672. The summed E-state index contributed by atoms with van der Waals surface area (Å²) in [4.78, 5) is 16.2. The average molecular weight is 317 g/mol. The first-order valence-electron chi connectivity index (χ1n) is 7.35. The van der Waals surface area contributed by atoms with E-state index in [0.29, 0.717) is 30.2 Å². The Morgan fingerprint density at radius 3 is 2.96 bits per heavy atom. The topological polar surface area (TPSA) is 85.6 Å². The number of hydrogen-bond donors (Lipinski definition) is 2. The van der Waals surface area contributed by atoms with Gasteiger partial charge in [-0.05, 0) is 18.6 Å². The smallest absolute Gasteiger partial charge is 0.241 e. The van der Waals surface area contributed by atoms with Gasteiger partial charge in [0.15, 0.2) is 12.2 Å². The molecule has 0 aliphatic carbocycles. The van der Waals surface area contributed by atoms with Crippen LogP contribution in [0.4, 0.5) is 5.69 Å². The lowest BCUT2D eigenvalue weighted by molar-refractivity contribution is -0.118. The molecule has 2 N–H and O–H groups in total. The SMILES string of the molecule is COc1cc(NC(=O)[C@H]2C[C@H](OC)CN2)ccc1-c1cnco1. The van der Waals surface area contributed by atoms with E-state index in [1.165, 1.54) is 6.39 Å². The van der Waals surface area contributed by atoms with E-state index in [1.807, 2.05) is 6.07 Å². The third-order valence-corrected chi connectivity index (χ3v) is 3.91. The number of amides is 1. The minimum absolute atomic E-state index is 0.0779. The highest BCUT2D eigenvalue weighted by Crippen LogP contribution is 2.32. The molecule has 0 unspecified atom stereocenters. The maximum Gasteiger partial charge on any atom is 0.241 e. The van der Waals surface area contributed by atoms with Gasteiger partial charge in [-0.2, -0.15) is 0 Å². The molecule has 0 saturated carbocycles. The molecule has 1 saturated heterocycles. The third-order valence-electron chi connectivity index (χ3n) is 3.91. The molecule has 2 heterocycles. The van der Waals surface area contributed by atoms with Crippen molar-refractivity contribution in [2.75, 3.05) is 26.1 Å². The van der Waals surface area contributed by atoms with Crippen LogP contribution in [0.5, 0.6) is 5.75 Å². The number of nitrogens with zero attached hydrogens (tertiary/aromatic N) is 1. The molecule has 23 heavy (non-hydrogen) atoms. The van der Waals surface area contributed by atoms with Crippen molar-refractivity contribution in [3.63, 3.8) is 0 Å². The monoisotopic (exact) mass is 317 g/mol. The number of carbonyl (C=O) groups is 1. The van der Waals surface area contributed by atoms with Crippen LogP contribution in [0.1, 0.15) is 6.42 Å². The lowest BCUT2D eigenvalue weighted by Gasteiger charge is -2.13. The van der Waals surface area contributed by atoms with Crippen LogP contribution in [0.25, 0.3) is 11.3 Å². The largest absolute Gasteiger partial charge is 0.496 e. The Kier molecular flexibility index (Phi) is 4.59. The van der Waals surface area contributed by atoms with Gasteiger partial charge in [-0.3, -0.25) is 4.79 Å². The summed E-state index contributed by atoms with van der Waals surface area (Å²) in [5, 5.41) is 6.04. The summed E-state index contributed by atoms with van der Waals surface area (Å²) < 4.78 is 15.9. The highest BCUT2D eigenvalue weighted by atomic mass is 16.5. The van der Waals surface area contributed by atoms with Crippen molar-refractivity contribution >= 4 is 11.6 Å². The van der Waals surface area contributed by atoms with Crippen LogP contribution < -0.4 is 15.4 Å². The standard InChI is InChI=1S/C16H19N3O4/c1-21-11-6-13(18-7-11)16(20)19-10-3-4-12(14(5-10)22-2)15-8-17-9-23-15/h3-5,8-9,11,13,18H,6-7H2,1-2H3,(H,19,20)/t11-,13+/m0/s1. The molecule has 2 atom stereocenters. The van der Waals surface area contributed by atoms with Crippen LogP contribution in [0.15, 0.2) is 35.2 Å². The fourth-order valence-corrected chi connectivity index (χ4v) is 2.63. The van der Waals surface area contributed by atoms with E-state index < -0.39 is 0 Å². The van der Waals surface area contributed by atoms with E-state index >= 15 is 0 Å². The van der Waals surface area contributed by atoms with Crippen LogP contribution in [0, 0.1) is 0 Å². The number of rotatable bonds is 5. The van der Waals surface area contributed by atoms with Crippen molar-refractivity contribution in [3.8, 4) is 17.1 Å². The van der Waals surface area contributed by atoms with Crippen molar-refractivity contribution in [1.82, 2.24) is 10.3 Å². The maximum atomic E-state index is 12.3.